The molecule has 0 spiro atoms. The van der Waals surface area contributed by atoms with Crippen molar-refractivity contribution in [3.8, 4) is 28.6 Å². The maximum absolute atomic E-state index is 13.2. The van der Waals surface area contributed by atoms with Crippen LogP contribution in [0.3, 0.4) is 0 Å². The molecule has 9 nitrogen and oxygen atoms in total. The van der Waals surface area contributed by atoms with E-state index in [2.05, 4.69) is 15.3 Å². The largest absolute Gasteiger partial charge is 0.497 e. The third-order valence-electron chi connectivity index (χ3n) is 5.57. The van der Waals surface area contributed by atoms with Gasteiger partial charge >= 0.3 is 0 Å². The van der Waals surface area contributed by atoms with Crippen LogP contribution in [0, 0.1) is 6.92 Å². The molecule has 4 rings (SSSR count). The van der Waals surface area contributed by atoms with Gasteiger partial charge in [-0.2, -0.15) is 10.2 Å². The average Bonchev–Trinajstić information content (AvgIpc) is 3.21. The lowest BCUT2D eigenvalue weighted by molar-refractivity contribution is 0.0576. The minimum absolute atomic E-state index is 0.0131. The average molecular weight is 438 g/mol. The van der Waals surface area contributed by atoms with Crippen molar-refractivity contribution < 1.29 is 19.0 Å². The van der Waals surface area contributed by atoms with Gasteiger partial charge in [-0.1, -0.05) is 0 Å². The minimum Gasteiger partial charge on any atom is -0.497 e. The fourth-order valence-corrected chi connectivity index (χ4v) is 3.77. The summed E-state index contributed by atoms with van der Waals surface area (Å²) in [5.41, 5.74) is 2.80. The highest BCUT2D eigenvalue weighted by atomic mass is 16.5. The van der Waals surface area contributed by atoms with E-state index in [9.17, 15) is 4.79 Å². The van der Waals surface area contributed by atoms with Gasteiger partial charge < -0.3 is 19.1 Å². The molecule has 1 aromatic carbocycles. The van der Waals surface area contributed by atoms with E-state index in [4.69, 9.17) is 14.2 Å². The van der Waals surface area contributed by atoms with Gasteiger partial charge in [-0.15, -0.1) is 5.10 Å². The van der Waals surface area contributed by atoms with E-state index in [-0.39, 0.29) is 12.0 Å². The molecular weight excluding hydrogens is 410 g/mol. The van der Waals surface area contributed by atoms with Gasteiger partial charge in [0, 0.05) is 44.6 Å². The molecule has 0 saturated carbocycles. The van der Waals surface area contributed by atoms with E-state index < -0.39 is 0 Å². The summed E-state index contributed by atoms with van der Waals surface area (Å²) in [6.07, 6.45) is 1.48. The molecule has 0 aliphatic carbocycles. The Morgan fingerprint density at radius 2 is 1.81 bits per heavy atom. The third kappa shape index (κ3) is 4.51. The van der Waals surface area contributed by atoms with E-state index in [1.54, 1.807) is 32.0 Å². The molecule has 2 aromatic heterocycles. The Kier molecular flexibility index (Phi) is 6.25. The highest BCUT2D eigenvalue weighted by Crippen LogP contribution is 2.33. The Morgan fingerprint density at radius 1 is 1.03 bits per heavy atom. The van der Waals surface area contributed by atoms with Crippen molar-refractivity contribution in [2.45, 2.75) is 25.9 Å². The van der Waals surface area contributed by atoms with Crippen LogP contribution in [0.25, 0.3) is 11.3 Å². The monoisotopic (exact) mass is 437 g/mol. The molecule has 1 aliphatic rings. The molecule has 9 heteroatoms. The van der Waals surface area contributed by atoms with Gasteiger partial charge in [0.25, 0.3) is 5.91 Å². The SMILES string of the molecule is COc1ccc(OC)c(-c2cc(C(=O)N3CCC(Oc4ccc(C)nn4)CC3)n(C)n2)c1. The van der Waals surface area contributed by atoms with Crippen LogP contribution in [0.1, 0.15) is 29.0 Å². The third-order valence-corrected chi connectivity index (χ3v) is 5.57. The van der Waals surface area contributed by atoms with Crippen molar-refractivity contribution in [3.05, 3.63) is 47.8 Å². The Labute approximate surface area is 186 Å². The van der Waals surface area contributed by atoms with E-state index in [0.717, 1.165) is 24.1 Å². The topological polar surface area (TPSA) is 91.6 Å². The van der Waals surface area contributed by atoms with Crippen molar-refractivity contribution in [2.24, 2.45) is 7.05 Å². The normalized spacial score (nSPS) is 14.3. The zero-order valence-electron chi connectivity index (χ0n) is 18.7. The highest BCUT2D eigenvalue weighted by molar-refractivity contribution is 5.94. The summed E-state index contributed by atoms with van der Waals surface area (Å²) in [6.45, 7) is 3.09. The number of hydrogen-bond donors (Lipinski definition) is 0. The number of aromatic nitrogens is 4. The predicted octanol–water partition coefficient (Wildman–Crippen LogP) is 2.89. The molecule has 1 saturated heterocycles. The molecule has 0 bridgehead atoms. The fourth-order valence-electron chi connectivity index (χ4n) is 3.77. The van der Waals surface area contributed by atoms with Crippen LogP contribution in [0.15, 0.2) is 36.4 Å². The molecule has 1 aliphatic heterocycles. The van der Waals surface area contributed by atoms with Crippen LogP contribution in [0.2, 0.25) is 0 Å². The Balaban J connectivity index is 1.45. The second-order valence-electron chi connectivity index (χ2n) is 7.73. The van der Waals surface area contributed by atoms with Crippen molar-refractivity contribution in [1.29, 1.82) is 0 Å². The Morgan fingerprint density at radius 3 is 2.47 bits per heavy atom. The summed E-state index contributed by atoms with van der Waals surface area (Å²) in [6, 6.07) is 11.0. The first-order valence-corrected chi connectivity index (χ1v) is 10.5. The van der Waals surface area contributed by atoms with Gasteiger partial charge in [-0.05, 0) is 37.3 Å². The summed E-state index contributed by atoms with van der Waals surface area (Å²) in [4.78, 5) is 15.0. The molecule has 1 fully saturated rings. The fraction of sp³-hybridized carbons (Fsp3) is 0.391. The number of nitrogens with zero attached hydrogens (tertiary/aromatic N) is 5. The van der Waals surface area contributed by atoms with Crippen LogP contribution < -0.4 is 14.2 Å². The lowest BCUT2D eigenvalue weighted by Gasteiger charge is -2.31. The standard InChI is InChI=1S/C23H27N5O4/c1-15-5-8-22(25-24-15)32-16-9-11-28(12-10-16)23(29)20-14-19(26-27(20)2)18-13-17(30-3)6-7-21(18)31-4/h5-8,13-14,16H,9-12H2,1-4H3. The number of carbonyl (C=O) groups excluding carboxylic acids is 1. The van der Waals surface area contributed by atoms with Crippen LogP contribution in [-0.2, 0) is 7.05 Å². The summed E-state index contributed by atoms with van der Waals surface area (Å²) in [5.74, 6) is 1.82. The van der Waals surface area contributed by atoms with Crippen molar-refractivity contribution in [3.63, 3.8) is 0 Å². The first kappa shape index (κ1) is 21.6. The number of rotatable bonds is 6. The van der Waals surface area contributed by atoms with Crippen LogP contribution in [0.5, 0.6) is 17.4 Å². The molecule has 0 N–H and O–H groups in total. The highest BCUT2D eigenvalue weighted by Gasteiger charge is 2.27. The summed E-state index contributed by atoms with van der Waals surface area (Å²) in [7, 11) is 4.99. The lowest BCUT2D eigenvalue weighted by Crippen LogP contribution is -2.42. The molecular formula is C23H27N5O4. The quantitative estimate of drug-likeness (QED) is 0.586. The van der Waals surface area contributed by atoms with E-state index in [0.29, 0.717) is 41.9 Å². The number of piperidine rings is 1. The summed E-state index contributed by atoms with van der Waals surface area (Å²) in [5, 5.41) is 12.6. The number of likely N-dealkylation sites (tertiary alicyclic amines) is 1. The Hall–Kier alpha value is -3.62. The molecule has 168 valence electrons. The summed E-state index contributed by atoms with van der Waals surface area (Å²) < 4.78 is 18.3. The number of amides is 1. The Bertz CT molecular complexity index is 1090. The first-order valence-electron chi connectivity index (χ1n) is 10.5. The molecule has 3 aromatic rings. The van der Waals surface area contributed by atoms with Crippen LogP contribution in [0.4, 0.5) is 0 Å². The number of ether oxygens (including phenoxy) is 3. The van der Waals surface area contributed by atoms with Crippen LogP contribution in [-0.4, -0.2) is 64.2 Å². The zero-order valence-corrected chi connectivity index (χ0v) is 18.7. The first-order chi connectivity index (χ1) is 15.5. The smallest absolute Gasteiger partial charge is 0.272 e. The van der Waals surface area contributed by atoms with Gasteiger partial charge in [-0.25, -0.2) is 0 Å². The predicted molar refractivity (Wildman–Crippen MR) is 118 cm³/mol. The number of methoxy groups -OCH3 is 2. The molecule has 3 heterocycles. The van der Waals surface area contributed by atoms with E-state index in [1.165, 1.54) is 0 Å². The molecule has 0 radical (unpaired) electrons. The number of benzene rings is 1. The molecule has 1 amide bonds. The molecule has 0 atom stereocenters. The second-order valence-corrected chi connectivity index (χ2v) is 7.73. The molecule has 32 heavy (non-hydrogen) atoms. The lowest BCUT2D eigenvalue weighted by atomic mass is 10.1. The van der Waals surface area contributed by atoms with Crippen molar-refractivity contribution >= 4 is 5.91 Å². The number of hydrogen-bond acceptors (Lipinski definition) is 7. The summed E-state index contributed by atoms with van der Waals surface area (Å²) >= 11 is 0. The van der Waals surface area contributed by atoms with Gasteiger partial charge in [0.1, 0.15) is 23.3 Å². The zero-order chi connectivity index (χ0) is 22.7. The number of carbonyl (C=O) groups is 1. The molecule has 0 unspecified atom stereocenters. The second kappa shape index (κ2) is 9.25. The van der Waals surface area contributed by atoms with E-state index >= 15 is 0 Å². The maximum atomic E-state index is 13.2. The van der Waals surface area contributed by atoms with Crippen molar-refractivity contribution in [1.82, 2.24) is 24.9 Å². The van der Waals surface area contributed by atoms with Crippen molar-refractivity contribution in [2.75, 3.05) is 27.3 Å². The van der Waals surface area contributed by atoms with Gasteiger partial charge in [0.2, 0.25) is 5.88 Å². The van der Waals surface area contributed by atoms with E-state index in [1.807, 2.05) is 42.2 Å². The van der Waals surface area contributed by atoms with Crippen LogP contribution >= 0.6 is 0 Å². The minimum atomic E-state index is -0.0540. The number of aryl methyl sites for hydroxylation is 2. The maximum Gasteiger partial charge on any atom is 0.272 e. The van der Waals surface area contributed by atoms with Gasteiger partial charge in [0.15, 0.2) is 0 Å². The van der Waals surface area contributed by atoms with Gasteiger partial charge in [-0.3, -0.25) is 9.48 Å². The van der Waals surface area contributed by atoms with Gasteiger partial charge in [0.05, 0.1) is 25.6 Å².